The Balaban J connectivity index is 2.44. The highest BCUT2D eigenvalue weighted by molar-refractivity contribution is 5.92. The van der Waals surface area contributed by atoms with Gasteiger partial charge in [0.25, 0.3) is 0 Å². The summed E-state index contributed by atoms with van der Waals surface area (Å²) >= 11 is 0. The van der Waals surface area contributed by atoms with Crippen molar-refractivity contribution in [3.63, 3.8) is 0 Å². The minimum atomic E-state index is -1.14. The minimum Gasteiger partial charge on any atom is -0.478 e. The summed E-state index contributed by atoms with van der Waals surface area (Å²) in [7, 11) is 0. The van der Waals surface area contributed by atoms with Crippen LogP contribution in [0.25, 0.3) is 0 Å². The van der Waals surface area contributed by atoms with Gasteiger partial charge in [-0.1, -0.05) is 12.1 Å². The minimum absolute atomic E-state index is 0.0484. The van der Waals surface area contributed by atoms with Gasteiger partial charge in [-0.15, -0.1) is 0 Å². The van der Waals surface area contributed by atoms with Crippen molar-refractivity contribution in [1.82, 2.24) is 0 Å². The molecule has 19 heavy (non-hydrogen) atoms. The number of nitriles is 1. The zero-order chi connectivity index (χ0) is 13.8. The quantitative estimate of drug-likeness (QED) is 0.820. The van der Waals surface area contributed by atoms with Crippen molar-refractivity contribution in [2.45, 2.75) is 0 Å². The Morgan fingerprint density at radius 2 is 1.95 bits per heavy atom. The normalized spacial score (nSPS) is 9.63. The number of hydrogen-bond acceptors (Lipinski definition) is 4. The van der Waals surface area contributed by atoms with E-state index in [1.807, 2.05) is 6.07 Å². The van der Waals surface area contributed by atoms with Crippen LogP contribution in [0.15, 0.2) is 42.5 Å². The maximum absolute atomic E-state index is 11.1. The number of hydrogen-bond donors (Lipinski definition) is 2. The van der Waals surface area contributed by atoms with E-state index in [9.17, 15) is 4.79 Å². The van der Waals surface area contributed by atoms with Crippen molar-refractivity contribution in [2.75, 3.05) is 5.73 Å². The first-order chi connectivity index (χ1) is 9.11. The Bertz CT molecular complexity index is 675. The molecule has 94 valence electrons. The number of carboxylic acids is 1. The van der Waals surface area contributed by atoms with Gasteiger partial charge in [-0.2, -0.15) is 5.26 Å². The van der Waals surface area contributed by atoms with Crippen molar-refractivity contribution in [3.05, 3.63) is 53.6 Å². The first-order valence-electron chi connectivity index (χ1n) is 5.41. The van der Waals surface area contributed by atoms with Gasteiger partial charge in [-0.25, -0.2) is 4.79 Å². The maximum atomic E-state index is 11.1. The molecule has 5 nitrogen and oxygen atoms in total. The number of carbonyl (C=O) groups is 1. The zero-order valence-corrected chi connectivity index (χ0v) is 9.83. The first-order valence-corrected chi connectivity index (χ1v) is 5.41. The lowest BCUT2D eigenvalue weighted by molar-refractivity contribution is 0.0694. The van der Waals surface area contributed by atoms with Gasteiger partial charge < -0.3 is 15.6 Å². The molecule has 0 bridgehead atoms. The Morgan fingerprint density at radius 3 is 2.63 bits per heavy atom. The van der Waals surface area contributed by atoms with E-state index in [0.717, 1.165) is 0 Å². The van der Waals surface area contributed by atoms with Gasteiger partial charge >= 0.3 is 5.97 Å². The summed E-state index contributed by atoms with van der Waals surface area (Å²) in [6.45, 7) is 0. The van der Waals surface area contributed by atoms with Crippen molar-refractivity contribution in [3.8, 4) is 17.6 Å². The average molecular weight is 254 g/mol. The summed E-state index contributed by atoms with van der Waals surface area (Å²) in [4.78, 5) is 11.1. The average Bonchev–Trinajstić information content (AvgIpc) is 2.41. The van der Waals surface area contributed by atoms with Crippen LogP contribution in [-0.2, 0) is 0 Å². The van der Waals surface area contributed by atoms with Crippen LogP contribution in [0.2, 0.25) is 0 Å². The molecule has 5 heteroatoms. The Labute approximate surface area is 109 Å². The number of anilines is 1. The number of nitrogens with zero attached hydrogens (tertiary/aromatic N) is 1. The van der Waals surface area contributed by atoms with E-state index in [4.69, 9.17) is 20.8 Å². The predicted molar refractivity (Wildman–Crippen MR) is 69.0 cm³/mol. The fraction of sp³-hybridized carbons (Fsp3) is 0. The summed E-state index contributed by atoms with van der Waals surface area (Å²) in [5.74, 6) is -0.696. The topological polar surface area (TPSA) is 96.3 Å². The van der Waals surface area contributed by atoms with Gasteiger partial charge in [-0.3, -0.25) is 0 Å². The van der Waals surface area contributed by atoms with Crippen LogP contribution in [0.1, 0.15) is 15.9 Å². The molecule has 0 aliphatic rings. The molecule has 0 aliphatic carbocycles. The number of nitrogens with two attached hydrogens (primary N) is 1. The molecule has 0 radical (unpaired) electrons. The molecule has 0 aromatic heterocycles. The molecule has 0 spiro atoms. The van der Waals surface area contributed by atoms with Gasteiger partial charge in [0.1, 0.15) is 23.1 Å². The number of para-hydroxylation sites is 1. The number of ether oxygens (including phenoxy) is 1. The van der Waals surface area contributed by atoms with E-state index in [1.165, 1.54) is 18.2 Å². The van der Waals surface area contributed by atoms with Gasteiger partial charge in [0.2, 0.25) is 0 Å². The molecule has 3 N–H and O–H groups in total. The number of aromatic carboxylic acids is 1. The number of carboxylic acid groups (broad SMARTS) is 1. The molecule has 2 aromatic rings. The smallest absolute Gasteiger partial charge is 0.339 e. The molecule has 0 unspecified atom stereocenters. The Hall–Kier alpha value is -3.00. The van der Waals surface area contributed by atoms with Crippen LogP contribution >= 0.6 is 0 Å². The second kappa shape index (κ2) is 5.10. The highest BCUT2D eigenvalue weighted by Gasteiger charge is 2.13. The highest BCUT2D eigenvalue weighted by Crippen LogP contribution is 2.29. The maximum Gasteiger partial charge on any atom is 0.339 e. The van der Waals surface area contributed by atoms with E-state index in [1.54, 1.807) is 24.3 Å². The first kappa shape index (κ1) is 12.5. The highest BCUT2D eigenvalue weighted by atomic mass is 16.5. The lowest BCUT2D eigenvalue weighted by Gasteiger charge is -2.10. The fourth-order valence-corrected chi connectivity index (χ4v) is 1.57. The van der Waals surface area contributed by atoms with Crippen LogP contribution in [0, 0.1) is 11.3 Å². The van der Waals surface area contributed by atoms with Crippen molar-refractivity contribution >= 4 is 11.7 Å². The van der Waals surface area contributed by atoms with Gasteiger partial charge in [-0.05, 0) is 30.3 Å². The molecule has 0 saturated heterocycles. The molecule has 0 aliphatic heterocycles. The molecule has 0 atom stereocenters. The summed E-state index contributed by atoms with van der Waals surface area (Å²) in [5.41, 5.74) is 6.16. The number of nitrogen functional groups attached to an aromatic ring is 1. The van der Waals surface area contributed by atoms with E-state index in [2.05, 4.69) is 0 Å². The fourth-order valence-electron chi connectivity index (χ4n) is 1.57. The van der Waals surface area contributed by atoms with Crippen molar-refractivity contribution in [2.24, 2.45) is 0 Å². The summed E-state index contributed by atoms with van der Waals surface area (Å²) in [6, 6.07) is 12.9. The van der Waals surface area contributed by atoms with Gasteiger partial charge in [0.05, 0.1) is 5.56 Å². The van der Waals surface area contributed by atoms with Crippen LogP contribution in [0.4, 0.5) is 5.69 Å². The number of rotatable bonds is 3. The Morgan fingerprint density at radius 1 is 1.21 bits per heavy atom. The summed E-state index contributed by atoms with van der Waals surface area (Å²) in [5, 5.41) is 18.0. The van der Waals surface area contributed by atoms with Gasteiger partial charge in [0, 0.05) is 5.69 Å². The van der Waals surface area contributed by atoms with Crippen LogP contribution in [0.3, 0.4) is 0 Å². The third-order valence-corrected chi connectivity index (χ3v) is 2.46. The van der Waals surface area contributed by atoms with E-state index < -0.39 is 5.97 Å². The standard InChI is InChI=1S/C14H10N2O3/c15-8-9-3-1-2-4-12(9)19-13-6-5-10(16)7-11(13)14(17)18/h1-7H,16H2,(H,17,18). The van der Waals surface area contributed by atoms with Crippen molar-refractivity contribution < 1.29 is 14.6 Å². The van der Waals surface area contributed by atoms with E-state index >= 15 is 0 Å². The molecule has 0 fully saturated rings. The Kier molecular flexibility index (Phi) is 3.35. The van der Waals surface area contributed by atoms with Crippen LogP contribution in [0.5, 0.6) is 11.5 Å². The second-order valence-corrected chi connectivity index (χ2v) is 3.77. The molecule has 2 rings (SSSR count). The molecular formula is C14H10N2O3. The predicted octanol–water partition coefficient (Wildman–Crippen LogP) is 2.63. The second-order valence-electron chi connectivity index (χ2n) is 3.77. The molecular weight excluding hydrogens is 244 g/mol. The zero-order valence-electron chi connectivity index (χ0n) is 9.83. The monoisotopic (exact) mass is 254 g/mol. The molecule has 0 saturated carbocycles. The largest absolute Gasteiger partial charge is 0.478 e. The lowest BCUT2D eigenvalue weighted by atomic mass is 10.1. The summed E-state index contributed by atoms with van der Waals surface area (Å²) < 4.78 is 5.49. The van der Waals surface area contributed by atoms with Gasteiger partial charge in [0.15, 0.2) is 0 Å². The van der Waals surface area contributed by atoms with E-state index in [0.29, 0.717) is 17.0 Å². The van der Waals surface area contributed by atoms with Crippen LogP contribution in [-0.4, -0.2) is 11.1 Å². The van der Waals surface area contributed by atoms with Crippen molar-refractivity contribution in [1.29, 1.82) is 5.26 Å². The SMILES string of the molecule is N#Cc1ccccc1Oc1ccc(N)cc1C(=O)O. The van der Waals surface area contributed by atoms with E-state index in [-0.39, 0.29) is 11.3 Å². The molecule has 2 aromatic carbocycles. The lowest BCUT2D eigenvalue weighted by Crippen LogP contribution is -2.02. The van der Waals surface area contributed by atoms with Crippen LogP contribution < -0.4 is 10.5 Å². The third kappa shape index (κ3) is 2.64. The molecule has 0 amide bonds. The number of benzene rings is 2. The third-order valence-electron chi connectivity index (χ3n) is 2.46. The summed E-state index contributed by atoms with van der Waals surface area (Å²) in [6.07, 6.45) is 0. The molecule has 0 heterocycles.